The third-order valence-electron chi connectivity index (χ3n) is 2.83. The number of benzene rings is 2. The number of carboxylic acids is 1. The maximum absolute atomic E-state index is 10.9. The zero-order valence-corrected chi connectivity index (χ0v) is 11.8. The van der Waals surface area contributed by atoms with Gasteiger partial charge < -0.3 is 15.2 Å². The molecular weight excluding hydrogens is 292 g/mol. The summed E-state index contributed by atoms with van der Waals surface area (Å²) in [5.74, 6) is -0.490. The summed E-state index contributed by atoms with van der Waals surface area (Å²) in [6.45, 7) is 0. The van der Waals surface area contributed by atoms with Crippen LogP contribution in [0.5, 0.6) is 5.75 Å². The van der Waals surface area contributed by atoms with E-state index in [1.54, 1.807) is 24.3 Å². The Morgan fingerprint density at radius 2 is 2.10 bits per heavy atom. The Hall–Kier alpha value is -2.71. The Balaban J connectivity index is 2.36. The summed E-state index contributed by atoms with van der Waals surface area (Å²) in [4.78, 5) is 10.9. The Labute approximate surface area is 126 Å². The van der Waals surface area contributed by atoms with Crippen molar-refractivity contribution < 1.29 is 14.6 Å². The molecule has 2 N–H and O–H groups in total. The predicted octanol–water partition coefficient (Wildman–Crippen LogP) is 3.66. The van der Waals surface area contributed by atoms with Crippen molar-refractivity contribution in [1.82, 2.24) is 0 Å². The first-order valence-corrected chi connectivity index (χ1v) is 6.31. The minimum Gasteiger partial charge on any atom is -0.497 e. The summed E-state index contributed by atoms with van der Waals surface area (Å²) in [7, 11) is 1.53. The normalized spacial score (nSPS) is 9.76. The van der Waals surface area contributed by atoms with E-state index in [9.17, 15) is 4.79 Å². The van der Waals surface area contributed by atoms with E-state index in [0.717, 1.165) is 0 Å². The topological polar surface area (TPSA) is 82.3 Å². The summed E-state index contributed by atoms with van der Waals surface area (Å²) in [5.41, 5.74) is 1.59. The van der Waals surface area contributed by atoms with Crippen molar-refractivity contribution in [2.45, 2.75) is 0 Å². The third kappa shape index (κ3) is 3.25. The number of nitriles is 1. The summed E-state index contributed by atoms with van der Waals surface area (Å²) < 4.78 is 5.11. The maximum atomic E-state index is 10.9. The number of halogens is 1. The summed E-state index contributed by atoms with van der Waals surface area (Å²) in [6, 6.07) is 11.5. The average molecular weight is 303 g/mol. The number of nitrogens with zero attached hydrogens (tertiary/aromatic N) is 1. The van der Waals surface area contributed by atoms with Gasteiger partial charge in [0, 0.05) is 11.8 Å². The van der Waals surface area contributed by atoms with Crippen LogP contribution < -0.4 is 10.1 Å². The second kappa shape index (κ2) is 6.16. The standard InChI is InChI=1S/C15H11ClN2O3/c1-21-11-4-2-9(8-17)14(7-11)18-10-3-5-12(15(19)20)13(16)6-10/h2-7,18H,1H3,(H,19,20). The smallest absolute Gasteiger partial charge is 0.337 e. The fourth-order valence-electron chi connectivity index (χ4n) is 1.77. The molecule has 0 spiro atoms. The fourth-order valence-corrected chi connectivity index (χ4v) is 2.03. The van der Waals surface area contributed by atoms with Gasteiger partial charge in [-0.1, -0.05) is 11.6 Å². The number of rotatable bonds is 4. The molecule has 0 heterocycles. The van der Waals surface area contributed by atoms with Gasteiger partial charge in [-0.3, -0.25) is 0 Å². The molecule has 0 saturated heterocycles. The fraction of sp³-hybridized carbons (Fsp3) is 0.0667. The zero-order chi connectivity index (χ0) is 15.4. The van der Waals surface area contributed by atoms with Crippen LogP contribution in [0.2, 0.25) is 5.02 Å². The van der Waals surface area contributed by atoms with Gasteiger partial charge in [-0.05, 0) is 30.3 Å². The first-order valence-electron chi connectivity index (χ1n) is 5.93. The van der Waals surface area contributed by atoms with E-state index in [1.165, 1.54) is 19.2 Å². The molecule has 0 bridgehead atoms. The van der Waals surface area contributed by atoms with Gasteiger partial charge in [-0.25, -0.2) is 4.79 Å². The largest absolute Gasteiger partial charge is 0.497 e. The number of carbonyl (C=O) groups is 1. The molecule has 0 radical (unpaired) electrons. The zero-order valence-electron chi connectivity index (χ0n) is 11.1. The van der Waals surface area contributed by atoms with E-state index >= 15 is 0 Å². The highest BCUT2D eigenvalue weighted by Gasteiger charge is 2.10. The molecule has 2 aromatic carbocycles. The first kappa shape index (κ1) is 14.7. The van der Waals surface area contributed by atoms with Crippen LogP contribution >= 0.6 is 11.6 Å². The van der Waals surface area contributed by atoms with E-state index in [-0.39, 0.29) is 10.6 Å². The third-order valence-corrected chi connectivity index (χ3v) is 3.14. The average Bonchev–Trinajstić information content (AvgIpc) is 2.46. The van der Waals surface area contributed by atoms with E-state index in [2.05, 4.69) is 11.4 Å². The van der Waals surface area contributed by atoms with Crippen molar-refractivity contribution in [3.8, 4) is 11.8 Å². The van der Waals surface area contributed by atoms with Crippen molar-refractivity contribution in [3.63, 3.8) is 0 Å². The molecule has 0 amide bonds. The highest BCUT2D eigenvalue weighted by molar-refractivity contribution is 6.33. The van der Waals surface area contributed by atoms with Gasteiger partial charge in [0.2, 0.25) is 0 Å². The van der Waals surface area contributed by atoms with Crippen LogP contribution in [0.1, 0.15) is 15.9 Å². The molecule has 106 valence electrons. The van der Waals surface area contributed by atoms with Gasteiger partial charge in [0.1, 0.15) is 11.8 Å². The number of nitrogens with one attached hydrogen (secondary N) is 1. The van der Waals surface area contributed by atoms with E-state index in [1.807, 2.05) is 0 Å². The van der Waals surface area contributed by atoms with Gasteiger partial charge in [-0.2, -0.15) is 5.26 Å². The summed E-state index contributed by atoms with van der Waals surface area (Å²) in [6.07, 6.45) is 0. The van der Waals surface area contributed by atoms with E-state index in [0.29, 0.717) is 22.7 Å². The lowest BCUT2D eigenvalue weighted by molar-refractivity contribution is 0.0697. The summed E-state index contributed by atoms with van der Waals surface area (Å²) >= 11 is 5.91. The summed E-state index contributed by atoms with van der Waals surface area (Å²) in [5, 5.41) is 21.2. The Bertz CT molecular complexity index is 738. The van der Waals surface area contributed by atoms with Crippen LogP contribution in [0.15, 0.2) is 36.4 Å². The van der Waals surface area contributed by atoms with Gasteiger partial charge in [0.25, 0.3) is 0 Å². The molecule has 2 rings (SSSR count). The minimum atomic E-state index is -1.09. The number of carboxylic acid groups (broad SMARTS) is 1. The van der Waals surface area contributed by atoms with Crippen molar-refractivity contribution in [1.29, 1.82) is 5.26 Å². The molecule has 0 unspecified atom stereocenters. The van der Waals surface area contributed by atoms with Crippen molar-refractivity contribution in [3.05, 3.63) is 52.5 Å². The Kier molecular flexibility index (Phi) is 4.31. The molecular formula is C15H11ClN2O3. The number of aromatic carboxylic acids is 1. The molecule has 0 aliphatic carbocycles. The van der Waals surface area contributed by atoms with Gasteiger partial charge >= 0.3 is 5.97 Å². The lowest BCUT2D eigenvalue weighted by atomic mass is 10.1. The lowest BCUT2D eigenvalue weighted by Gasteiger charge is -2.11. The van der Waals surface area contributed by atoms with Crippen LogP contribution in [-0.2, 0) is 0 Å². The highest BCUT2D eigenvalue weighted by Crippen LogP contribution is 2.28. The number of ether oxygens (including phenoxy) is 1. The molecule has 0 aromatic heterocycles. The quantitative estimate of drug-likeness (QED) is 0.900. The first-order chi connectivity index (χ1) is 10.0. The predicted molar refractivity (Wildman–Crippen MR) is 79.4 cm³/mol. The van der Waals surface area contributed by atoms with Crippen LogP contribution in [0, 0.1) is 11.3 Å². The Morgan fingerprint density at radius 1 is 1.33 bits per heavy atom. The molecule has 21 heavy (non-hydrogen) atoms. The molecule has 0 aliphatic heterocycles. The van der Waals surface area contributed by atoms with Gasteiger partial charge in [0.15, 0.2) is 0 Å². The highest BCUT2D eigenvalue weighted by atomic mass is 35.5. The van der Waals surface area contributed by atoms with Gasteiger partial charge in [0.05, 0.1) is 28.9 Å². The Morgan fingerprint density at radius 3 is 2.67 bits per heavy atom. The minimum absolute atomic E-state index is 0.0216. The molecule has 0 fully saturated rings. The van der Waals surface area contributed by atoms with Crippen molar-refractivity contribution >= 4 is 28.9 Å². The number of anilines is 2. The van der Waals surface area contributed by atoms with Crippen LogP contribution in [0.4, 0.5) is 11.4 Å². The van der Waals surface area contributed by atoms with Crippen LogP contribution in [-0.4, -0.2) is 18.2 Å². The SMILES string of the molecule is COc1ccc(C#N)c(Nc2ccc(C(=O)O)c(Cl)c2)c1. The number of hydrogen-bond acceptors (Lipinski definition) is 4. The van der Waals surface area contributed by atoms with Crippen LogP contribution in [0.3, 0.4) is 0 Å². The second-order valence-corrected chi connectivity index (χ2v) is 4.56. The molecule has 2 aromatic rings. The molecule has 0 aliphatic rings. The number of methoxy groups -OCH3 is 1. The van der Waals surface area contributed by atoms with Crippen LogP contribution in [0.25, 0.3) is 0 Å². The van der Waals surface area contributed by atoms with E-state index < -0.39 is 5.97 Å². The molecule has 6 heteroatoms. The molecule has 0 saturated carbocycles. The van der Waals surface area contributed by atoms with E-state index in [4.69, 9.17) is 26.7 Å². The van der Waals surface area contributed by atoms with Gasteiger partial charge in [-0.15, -0.1) is 0 Å². The molecule has 5 nitrogen and oxygen atoms in total. The lowest BCUT2D eigenvalue weighted by Crippen LogP contribution is -1.99. The second-order valence-electron chi connectivity index (χ2n) is 4.15. The monoisotopic (exact) mass is 302 g/mol. The maximum Gasteiger partial charge on any atom is 0.337 e. The van der Waals surface area contributed by atoms with Crippen molar-refractivity contribution in [2.75, 3.05) is 12.4 Å². The van der Waals surface area contributed by atoms with Crippen molar-refractivity contribution in [2.24, 2.45) is 0 Å². The molecule has 0 atom stereocenters. The number of hydrogen-bond donors (Lipinski definition) is 2.